The minimum Gasteiger partial charge on any atom is -0.369 e. The molecule has 6 nitrogen and oxygen atoms in total. The smallest absolute Gasteiger partial charge is 0.230 e. The van der Waals surface area contributed by atoms with E-state index >= 15 is 0 Å². The fraction of sp³-hybridized carbons (Fsp3) is 0.786. The van der Waals surface area contributed by atoms with E-state index in [4.69, 9.17) is 5.73 Å². The maximum Gasteiger partial charge on any atom is 0.230 e. The third-order valence-corrected chi connectivity index (χ3v) is 4.57. The van der Waals surface area contributed by atoms with E-state index in [9.17, 15) is 4.79 Å². The first-order valence-electron chi connectivity index (χ1n) is 7.47. The summed E-state index contributed by atoms with van der Waals surface area (Å²) in [5.74, 6) is 0.640. The van der Waals surface area contributed by atoms with Crippen molar-refractivity contribution in [1.29, 1.82) is 0 Å². The molecular weight excluding hydrogens is 286 g/mol. The quantitative estimate of drug-likeness (QED) is 0.706. The standard InChI is InChI=1S/C14H27N5OS/c1-6-8-9-19-13(11(7-2)18(4)5)16-17-14(19)21-10(3)12(15)20/h10-11H,6-9H2,1-5H3,(H2,15,20). The predicted octanol–water partition coefficient (Wildman–Crippen LogP) is 2.06. The van der Waals surface area contributed by atoms with Crippen LogP contribution in [0.3, 0.4) is 0 Å². The molecule has 2 atom stereocenters. The van der Waals surface area contributed by atoms with Gasteiger partial charge in [0.05, 0.1) is 11.3 Å². The molecule has 1 aromatic heterocycles. The summed E-state index contributed by atoms with van der Waals surface area (Å²) < 4.78 is 2.14. The van der Waals surface area contributed by atoms with E-state index in [0.29, 0.717) is 0 Å². The van der Waals surface area contributed by atoms with Crippen molar-refractivity contribution in [3.63, 3.8) is 0 Å². The molecule has 0 fully saturated rings. The van der Waals surface area contributed by atoms with Crippen molar-refractivity contribution >= 4 is 17.7 Å². The zero-order valence-corrected chi connectivity index (χ0v) is 14.5. The van der Waals surface area contributed by atoms with E-state index in [2.05, 4.69) is 33.5 Å². The number of carbonyl (C=O) groups excluding carboxylic acids is 1. The van der Waals surface area contributed by atoms with Crippen LogP contribution in [0.2, 0.25) is 0 Å². The Morgan fingerprint density at radius 1 is 1.38 bits per heavy atom. The highest BCUT2D eigenvalue weighted by atomic mass is 32.2. The molecule has 0 aliphatic carbocycles. The van der Waals surface area contributed by atoms with Crippen LogP contribution in [-0.4, -0.2) is 44.9 Å². The van der Waals surface area contributed by atoms with Gasteiger partial charge >= 0.3 is 0 Å². The maximum absolute atomic E-state index is 11.3. The van der Waals surface area contributed by atoms with Gasteiger partial charge in [-0.2, -0.15) is 0 Å². The van der Waals surface area contributed by atoms with Gasteiger partial charge in [-0.1, -0.05) is 32.0 Å². The van der Waals surface area contributed by atoms with Crippen molar-refractivity contribution in [1.82, 2.24) is 19.7 Å². The lowest BCUT2D eigenvalue weighted by atomic mass is 10.2. The normalized spacial score (nSPS) is 14.4. The van der Waals surface area contributed by atoms with Gasteiger partial charge in [0.2, 0.25) is 5.91 Å². The lowest BCUT2D eigenvalue weighted by molar-refractivity contribution is -0.117. The van der Waals surface area contributed by atoms with Gasteiger partial charge in [0.15, 0.2) is 11.0 Å². The van der Waals surface area contributed by atoms with Crippen molar-refractivity contribution in [2.24, 2.45) is 5.73 Å². The van der Waals surface area contributed by atoms with E-state index in [1.54, 1.807) is 6.92 Å². The molecule has 1 aromatic rings. The molecule has 21 heavy (non-hydrogen) atoms. The molecule has 1 rings (SSSR count). The molecule has 0 aromatic carbocycles. The van der Waals surface area contributed by atoms with Crippen LogP contribution in [0.4, 0.5) is 0 Å². The van der Waals surface area contributed by atoms with Gasteiger partial charge in [-0.25, -0.2) is 0 Å². The molecule has 1 amide bonds. The third kappa shape index (κ3) is 4.71. The number of hydrogen-bond acceptors (Lipinski definition) is 5. The molecule has 0 radical (unpaired) electrons. The van der Waals surface area contributed by atoms with Gasteiger partial charge in [-0.3, -0.25) is 9.69 Å². The van der Waals surface area contributed by atoms with Gasteiger partial charge in [-0.05, 0) is 33.9 Å². The Kier molecular flexibility index (Phi) is 7.17. The van der Waals surface area contributed by atoms with Crippen LogP contribution >= 0.6 is 11.8 Å². The second-order valence-corrected chi connectivity index (χ2v) is 6.70. The molecule has 0 aliphatic rings. The van der Waals surface area contributed by atoms with Crippen LogP contribution in [-0.2, 0) is 11.3 Å². The Hall–Kier alpha value is -1.08. The maximum atomic E-state index is 11.3. The van der Waals surface area contributed by atoms with Crippen molar-refractivity contribution < 1.29 is 4.79 Å². The zero-order valence-electron chi connectivity index (χ0n) is 13.7. The van der Waals surface area contributed by atoms with Crippen LogP contribution in [0, 0.1) is 0 Å². The molecular formula is C14H27N5OS. The number of nitrogens with two attached hydrogens (primary N) is 1. The average Bonchev–Trinajstić information content (AvgIpc) is 2.79. The Morgan fingerprint density at radius 3 is 2.52 bits per heavy atom. The minimum absolute atomic E-state index is 0.229. The van der Waals surface area contributed by atoms with Crippen LogP contribution < -0.4 is 5.73 Å². The fourth-order valence-electron chi connectivity index (χ4n) is 2.15. The summed E-state index contributed by atoms with van der Waals surface area (Å²) in [5.41, 5.74) is 5.35. The van der Waals surface area contributed by atoms with E-state index in [0.717, 1.165) is 36.8 Å². The van der Waals surface area contributed by atoms with Crippen LogP contribution in [0.1, 0.15) is 51.9 Å². The molecule has 1 heterocycles. The monoisotopic (exact) mass is 313 g/mol. The number of amides is 1. The van der Waals surface area contributed by atoms with E-state index in [-0.39, 0.29) is 17.2 Å². The van der Waals surface area contributed by atoms with E-state index < -0.39 is 0 Å². The molecule has 0 saturated heterocycles. The topological polar surface area (TPSA) is 77.0 Å². The third-order valence-electron chi connectivity index (χ3n) is 3.47. The summed E-state index contributed by atoms with van der Waals surface area (Å²) in [7, 11) is 4.09. The van der Waals surface area contributed by atoms with Gasteiger partial charge in [0, 0.05) is 6.54 Å². The first-order chi connectivity index (χ1) is 9.92. The Bertz CT molecular complexity index is 460. The number of primary amides is 1. The molecule has 2 unspecified atom stereocenters. The number of thioether (sulfide) groups is 1. The Morgan fingerprint density at radius 2 is 2.05 bits per heavy atom. The number of nitrogens with zero attached hydrogens (tertiary/aromatic N) is 4. The van der Waals surface area contributed by atoms with Gasteiger partial charge in [0.1, 0.15) is 0 Å². The van der Waals surface area contributed by atoms with Crippen LogP contribution in [0.25, 0.3) is 0 Å². The molecule has 120 valence electrons. The predicted molar refractivity (Wildman–Crippen MR) is 86.2 cm³/mol. The van der Waals surface area contributed by atoms with Crippen molar-refractivity contribution in [3.8, 4) is 0 Å². The molecule has 2 N–H and O–H groups in total. The second-order valence-electron chi connectivity index (χ2n) is 5.40. The highest BCUT2D eigenvalue weighted by Crippen LogP contribution is 2.27. The summed E-state index contributed by atoms with van der Waals surface area (Å²) in [6, 6.07) is 0.229. The van der Waals surface area contributed by atoms with E-state index in [1.807, 2.05) is 14.1 Å². The van der Waals surface area contributed by atoms with E-state index in [1.165, 1.54) is 11.8 Å². The molecule has 0 spiro atoms. The first kappa shape index (κ1) is 18.0. The summed E-state index contributed by atoms with van der Waals surface area (Å²) in [6.07, 6.45) is 3.13. The fourth-order valence-corrected chi connectivity index (χ4v) is 2.99. The summed E-state index contributed by atoms with van der Waals surface area (Å²) in [4.78, 5) is 13.4. The number of hydrogen-bond donors (Lipinski definition) is 1. The highest BCUT2D eigenvalue weighted by molar-refractivity contribution is 8.00. The zero-order chi connectivity index (χ0) is 16.0. The molecule has 0 aliphatic heterocycles. The summed E-state index contributed by atoms with van der Waals surface area (Å²) in [6.45, 7) is 6.97. The van der Waals surface area contributed by atoms with Crippen LogP contribution in [0.15, 0.2) is 5.16 Å². The largest absolute Gasteiger partial charge is 0.369 e. The van der Waals surface area contributed by atoms with Crippen molar-refractivity contribution in [2.45, 2.75) is 63.0 Å². The first-order valence-corrected chi connectivity index (χ1v) is 8.35. The number of aromatic nitrogens is 3. The summed E-state index contributed by atoms with van der Waals surface area (Å²) >= 11 is 1.39. The van der Waals surface area contributed by atoms with Crippen molar-refractivity contribution in [2.75, 3.05) is 14.1 Å². The molecule has 7 heteroatoms. The number of unbranched alkanes of at least 4 members (excludes halogenated alkanes) is 1. The van der Waals surface area contributed by atoms with Gasteiger partial charge in [0.25, 0.3) is 0 Å². The highest BCUT2D eigenvalue weighted by Gasteiger charge is 2.23. The Labute approximate surface area is 131 Å². The van der Waals surface area contributed by atoms with Crippen molar-refractivity contribution in [3.05, 3.63) is 5.82 Å². The lowest BCUT2D eigenvalue weighted by Crippen LogP contribution is -2.24. The minimum atomic E-state index is -0.328. The SMILES string of the molecule is CCCCn1c(SC(C)C(N)=O)nnc1C(CC)N(C)C. The Balaban J connectivity index is 3.08. The lowest BCUT2D eigenvalue weighted by Gasteiger charge is -2.23. The molecule has 0 saturated carbocycles. The number of carbonyl (C=O) groups is 1. The summed E-state index contributed by atoms with van der Waals surface area (Å²) in [5, 5.41) is 9.13. The number of rotatable bonds is 9. The molecule has 0 bridgehead atoms. The second kappa shape index (κ2) is 8.38. The van der Waals surface area contributed by atoms with Gasteiger partial charge < -0.3 is 10.3 Å². The average molecular weight is 313 g/mol. The van der Waals surface area contributed by atoms with Gasteiger partial charge in [-0.15, -0.1) is 10.2 Å². The van der Waals surface area contributed by atoms with Crippen LogP contribution in [0.5, 0.6) is 0 Å².